The van der Waals surface area contributed by atoms with E-state index in [4.69, 9.17) is 0 Å². The maximum absolute atomic E-state index is 11.7. The summed E-state index contributed by atoms with van der Waals surface area (Å²) in [5.41, 5.74) is 0.0498. The lowest BCUT2D eigenvalue weighted by Gasteiger charge is -2.14. The molecule has 31 heavy (non-hydrogen) atoms. The quantitative estimate of drug-likeness (QED) is 0.426. The van der Waals surface area contributed by atoms with Gasteiger partial charge in [-0.2, -0.15) is 5.11 Å². The van der Waals surface area contributed by atoms with E-state index in [1.54, 1.807) is 0 Å². The fourth-order valence-electron chi connectivity index (χ4n) is 2.69. The minimum atomic E-state index is -5.16. The lowest BCUT2D eigenvalue weighted by Crippen LogP contribution is -2.04. The molecule has 0 aliphatic carbocycles. The average molecular weight is 463 g/mol. The molecule has 0 aromatic heterocycles. The summed E-state index contributed by atoms with van der Waals surface area (Å²) in [5.74, 6) is -1.02. The van der Waals surface area contributed by atoms with E-state index in [-0.39, 0.29) is 22.4 Å². The topological polar surface area (TPSA) is 188 Å². The molecule has 0 radical (unpaired) electrons. The second-order valence-electron chi connectivity index (χ2n) is 6.29. The number of azo groups is 1. The number of hydrogen-bond donors (Lipinski definition) is 2. The molecule has 0 heterocycles. The molecule has 3 rings (SSSR count). The molecule has 0 unspecified atom stereocenters. The zero-order chi connectivity index (χ0) is 23.0. The molecule has 1 amide bonds. The Labute approximate surface area is 176 Å². The van der Waals surface area contributed by atoms with Crippen molar-refractivity contribution in [1.29, 1.82) is 0 Å². The van der Waals surface area contributed by atoms with Crippen LogP contribution in [0.25, 0.3) is 10.8 Å². The summed E-state index contributed by atoms with van der Waals surface area (Å²) in [6.45, 7) is 1.33. The Bertz CT molecular complexity index is 1430. The van der Waals surface area contributed by atoms with E-state index in [0.29, 0.717) is 5.69 Å². The first kappa shape index (κ1) is 22.3. The SMILES string of the molecule is CC(=O)Nc1ccc(N=Nc2c(S(=O)(=O)[O-])cc3cc(S(=O)(=O)[O-])ccc3c2O)cc1. The van der Waals surface area contributed by atoms with Crippen molar-refractivity contribution in [2.45, 2.75) is 16.7 Å². The smallest absolute Gasteiger partial charge is 0.221 e. The lowest BCUT2D eigenvalue weighted by atomic mass is 10.1. The Balaban J connectivity index is 2.13. The normalized spacial score (nSPS) is 12.4. The highest BCUT2D eigenvalue weighted by Crippen LogP contribution is 2.41. The van der Waals surface area contributed by atoms with E-state index in [1.165, 1.54) is 31.2 Å². The number of anilines is 1. The summed E-state index contributed by atoms with van der Waals surface area (Å²) in [6, 6.07) is 9.56. The van der Waals surface area contributed by atoms with E-state index >= 15 is 0 Å². The van der Waals surface area contributed by atoms with E-state index in [9.17, 15) is 35.8 Å². The van der Waals surface area contributed by atoms with Gasteiger partial charge < -0.3 is 19.5 Å². The van der Waals surface area contributed by atoms with Crippen molar-refractivity contribution in [3.8, 4) is 5.75 Å². The summed E-state index contributed by atoms with van der Waals surface area (Å²) in [7, 11) is -10.0. The third-order valence-corrected chi connectivity index (χ3v) is 5.71. The van der Waals surface area contributed by atoms with Crippen LogP contribution < -0.4 is 5.32 Å². The Morgan fingerprint density at radius 3 is 2.13 bits per heavy atom. The van der Waals surface area contributed by atoms with Crippen molar-refractivity contribution < 1.29 is 35.8 Å². The van der Waals surface area contributed by atoms with Gasteiger partial charge in [-0.15, -0.1) is 5.11 Å². The highest BCUT2D eigenvalue weighted by atomic mass is 32.2. The lowest BCUT2D eigenvalue weighted by molar-refractivity contribution is -0.114. The number of amides is 1. The van der Waals surface area contributed by atoms with Crippen molar-refractivity contribution >= 4 is 54.0 Å². The molecule has 0 bridgehead atoms. The molecule has 0 saturated heterocycles. The number of hydrogen-bond acceptors (Lipinski definition) is 10. The van der Waals surface area contributed by atoms with Gasteiger partial charge in [-0.1, -0.05) is 0 Å². The van der Waals surface area contributed by atoms with E-state index < -0.39 is 41.5 Å². The zero-order valence-corrected chi connectivity index (χ0v) is 17.3. The van der Waals surface area contributed by atoms with Crippen LogP contribution in [-0.4, -0.2) is 37.0 Å². The van der Waals surface area contributed by atoms with E-state index in [1.807, 2.05) is 0 Å². The molecule has 3 aromatic rings. The summed E-state index contributed by atoms with van der Waals surface area (Å²) in [5, 5.41) is 20.3. The Kier molecular flexibility index (Phi) is 5.78. The molecule has 0 atom stereocenters. The van der Waals surface area contributed by atoms with Gasteiger partial charge in [-0.05, 0) is 53.9 Å². The van der Waals surface area contributed by atoms with Gasteiger partial charge in [0.1, 0.15) is 25.9 Å². The van der Waals surface area contributed by atoms with Crippen LogP contribution in [0.4, 0.5) is 17.1 Å². The van der Waals surface area contributed by atoms with Gasteiger partial charge in [0.15, 0.2) is 5.75 Å². The average Bonchev–Trinajstić information content (AvgIpc) is 2.66. The molecule has 0 saturated carbocycles. The van der Waals surface area contributed by atoms with Crippen molar-refractivity contribution in [3.05, 3.63) is 48.5 Å². The van der Waals surface area contributed by atoms with Crippen LogP contribution in [0.2, 0.25) is 0 Å². The highest BCUT2D eigenvalue weighted by Gasteiger charge is 2.18. The Morgan fingerprint density at radius 1 is 0.935 bits per heavy atom. The van der Waals surface area contributed by atoms with Crippen LogP contribution in [0, 0.1) is 0 Å². The second-order valence-corrected chi connectivity index (χ2v) is 9.02. The third-order valence-electron chi connectivity index (χ3n) is 4.03. The van der Waals surface area contributed by atoms with Gasteiger partial charge in [0.05, 0.1) is 15.5 Å². The van der Waals surface area contributed by atoms with Crippen molar-refractivity contribution in [1.82, 2.24) is 0 Å². The van der Waals surface area contributed by atoms with Crippen LogP contribution in [0.1, 0.15) is 6.92 Å². The predicted molar refractivity (Wildman–Crippen MR) is 106 cm³/mol. The number of nitrogens with zero attached hydrogens (tertiary/aromatic N) is 2. The minimum absolute atomic E-state index is 0.0465. The van der Waals surface area contributed by atoms with Gasteiger partial charge >= 0.3 is 0 Å². The van der Waals surface area contributed by atoms with Crippen LogP contribution in [0.3, 0.4) is 0 Å². The summed E-state index contributed by atoms with van der Waals surface area (Å²) in [4.78, 5) is 9.43. The third kappa shape index (κ3) is 5.03. The molecule has 0 fully saturated rings. The Morgan fingerprint density at radius 2 is 1.58 bits per heavy atom. The van der Waals surface area contributed by atoms with Crippen molar-refractivity contribution in [2.24, 2.45) is 10.2 Å². The maximum Gasteiger partial charge on any atom is 0.221 e. The molecule has 3 aromatic carbocycles. The number of carbonyl (C=O) groups is 1. The minimum Gasteiger partial charge on any atom is -0.744 e. The first-order valence-electron chi connectivity index (χ1n) is 8.37. The van der Waals surface area contributed by atoms with Gasteiger partial charge in [0, 0.05) is 18.0 Å². The van der Waals surface area contributed by atoms with E-state index in [2.05, 4.69) is 15.5 Å². The Hall–Kier alpha value is -3.39. The molecule has 0 aliphatic rings. The molecular formula is C18H13N3O8S2-2. The van der Waals surface area contributed by atoms with Crippen LogP contribution in [-0.2, 0) is 25.0 Å². The summed E-state index contributed by atoms with van der Waals surface area (Å²) in [6.07, 6.45) is 0. The number of fused-ring (bicyclic) bond motifs is 1. The number of rotatable bonds is 5. The van der Waals surface area contributed by atoms with Gasteiger partial charge in [0.25, 0.3) is 0 Å². The number of nitrogens with one attached hydrogen (secondary N) is 1. The van der Waals surface area contributed by atoms with Crippen LogP contribution in [0.5, 0.6) is 5.75 Å². The number of phenols is 1. The number of phenolic OH excluding ortho intramolecular Hbond substituents is 1. The van der Waals surface area contributed by atoms with Crippen LogP contribution in [0.15, 0.2) is 68.6 Å². The molecule has 13 heteroatoms. The van der Waals surface area contributed by atoms with Crippen LogP contribution >= 0.6 is 0 Å². The maximum atomic E-state index is 11.7. The largest absolute Gasteiger partial charge is 0.744 e. The highest BCUT2D eigenvalue weighted by molar-refractivity contribution is 7.86. The molecule has 2 N–H and O–H groups in total. The summed E-state index contributed by atoms with van der Waals surface area (Å²) >= 11 is 0. The zero-order valence-electron chi connectivity index (χ0n) is 15.6. The predicted octanol–water partition coefficient (Wildman–Crippen LogP) is 2.73. The monoisotopic (exact) mass is 463 g/mol. The fraction of sp³-hybridized carbons (Fsp3) is 0.0556. The molecule has 162 valence electrons. The summed E-state index contributed by atoms with van der Waals surface area (Å²) < 4.78 is 68.7. The molecular weight excluding hydrogens is 450 g/mol. The number of benzene rings is 3. The number of aromatic hydroxyl groups is 1. The first-order valence-corrected chi connectivity index (χ1v) is 11.2. The van der Waals surface area contributed by atoms with Gasteiger partial charge in [0.2, 0.25) is 5.91 Å². The van der Waals surface area contributed by atoms with Gasteiger partial charge in [-0.25, -0.2) is 16.8 Å². The number of carbonyl (C=O) groups excluding carboxylic acids is 1. The first-order chi connectivity index (χ1) is 14.4. The van der Waals surface area contributed by atoms with Crippen molar-refractivity contribution in [2.75, 3.05) is 5.32 Å². The van der Waals surface area contributed by atoms with Gasteiger partial charge in [-0.3, -0.25) is 4.79 Å². The second kappa shape index (κ2) is 8.03. The standard InChI is InChI=1S/C18H15N3O8S2/c1-10(22)19-12-2-4-13(5-3-12)20-21-17-16(31(27,28)29)9-11-8-14(30(24,25)26)6-7-15(11)18(17)23/h2-9,23H,1H3,(H,19,22)(H,24,25,26)(H,27,28,29)/p-2. The molecule has 0 aliphatic heterocycles. The van der Waals surface area contributed by atoms with Crippen molar-refractivity contribution in [3.63, 3.8) is 0 Å². The molecule has 11 nitrogen and oxygen atoms in total. The van der Waals surface area contributed by atoms with E-state index in [0.717, 1.165) is 24.3 Å². The molecule has 0 spiro atoms. The fourth-order valence-corrected chi connectivity index (χ4v) is 3.85.